The summed E-state index contributed by atoms with van der Waals surface area (Å²) in [6, 6.07) is 0. The highest BCUT2D eigenvalue weighted by Gasteiger charge is 2.62. The van der Waals surface area contributed by atoms with Gasteiger partial charge in [-0.25, -0.2) is 0 Å². The second-order valence-corrected chi connectivity index (χ2v) is 14.2. The van der Waals surface area contributed by atoms with Gasteiger partial charge in [-0.3, -0.25) is 9.35 Å². The third-order valence-corrected chi connectivity index (χ3v) is 11.6. The van der Waals surface area contributed by atoms with Gasteiger partial charge in [-0.1, -0.05) is 20.8 Å². The lowest BCUT2D eigenvalue weighted by Gasteiger charge is -2.62. The lowest BCUT2D eigenvalue weighted by atomic mass is 9.43. The van der Waals surface area contributed by atoms with E-state index in [-0.39, 0.29) is 35.5 Å². The molecule has 0 aliphatic heterocycles. The predicted octanol–water partition coefficient (Wildman–Crippen LogP) is 3.40. The van der Waals surface area contributed by atoms with Crippen LogP contribution in [0.15, 0.2) is 0 Å². The normalized spacial score (nSPS) is 45.1. The largest absolute Gasteiger partial charge is 0.393 e. The van der Waals surface area contributed by atoms with E-state index >= 15 is 0 Å². The standard InChI is InChI=1S/C26H45NO6S/c1-16(4-7-23(30)27-12-13-34(31,32)33)19-5-6-20-24-21(9-11-26(19,20)3)25(2)10-8-18(28)14-17(25)15-22(24)29/h16-22,24,28-29H,4-15H2,1-3H3,(H,27,30)(H,31,32,33)/t16-,17-,18+,19-,20+,21-,22+,24-,25-,26+/m0/s1. The van der Waals surface area contributed by atoms with Crippen molar-refractivity contribution in [1.29, 1.82) is 0 Å². The lowest BCUT2D eigenvalue weighted by Crippen LogP contribution is -2.58. The van der Waals surface area contributed by atoms with Crippen molar-refractivity contribution in [2.45, 2.75) is 97.2 Å². The zero-order valence-corrected chi connectivity index (χ0v) is 21.9. The molecule has 0 bridgehead atoms. The first-order valence-corrected chi connectivity index (χ1v) is 15.0. The molecule has 34 heavy (non-hydrogen) atoms. The summed E-state index contributed by atoms with van der Waals surface area (Å²) in [5.74, 6) is 2.10. The average molecular weight is 500 g/mol. The van der Waals surface area contributed by atoms with Gasteiger partial charge >= 0.3 is 0 Å². The van der Waals surface area contributed by atoms with Crippen LogP contribution in [-0.2, 0) is 14.9 Å². The van der Waals surface area contributed by atoms with Crippen LogP contribution in [0.5, 0.6) is 0 Å². The molecule has 4 N–H and O–H groups in total. The van der Waals surface area contributed by atoms with Gasteiger partial charge in [-0.15, -0.1) is 0 Å². The third-order valence-electron chi connectivity index (χ3n) is 10.9. The van der Waals surface area contributed by atoms with Gasteiger partial charge in [0.05, 0.1) is 18.0 Å². The van der Waals surface area contributed by atoms with E-state index < -0.39 is 15.9 Å². The molecule has 0 unspecified atom stereocenters. The molecule has 0 aromatic carbocycles. The molecule has 8 heteroatoms. The van der Waals surface area contributed by atoms with Crippen molar-refractivity contribution in [3.8, 4) is 0 Å². The van der Waals surface area contributed by atoms with Crippen LogP contribution in [0, 0.1) is 46.3 Å². The van der Waals surface area contributed by atoms with Crippen LogP contribution in [0.3, 0.4) is 0 Å². The Kier molecular flexibility index (Phi) is 7.47. The fourth-order valence-corrected chi connectivity index (χ4v) is 9.50. The fraction of sp³-hybridized carbons (Fsp3) is 0.962. The van der Waals surface area contributed by atoms with E-state index in [9.17, 15) is 23.4 Å². The molecule has 0 aromatic rings. The molecule has 10 atom stereocenters. The highest BCUT2D eigenvalue weighted by molar-refractivity contribution is 7.85. The number of rotatable bonds is 7. The van der Waals surface area contributed by atoms with Gasteiger partial charge in [-0.05, 0) is 104 Å². The first kappa shape index (κ1) is 26.4. The first-order valence-electron chi connectivity index (χ1n) is 13.4. The second-order valence-electron chi connectivity index (χ2n) is 12.6. The molecule has 4 aliphatic carbocycles. The van der Waals surface area contributed by atoms with Crippen molar-refractivity contribution in [1.82, 2.24) is 5.32 Å². The van der Waals surface area contributed by atoms with Gasteiger partial charge in [0.2, 0.25) is 5.91 Å². The summed E-state index contributed by atoms with van der Waals surface area (Å²) in [6.07, 6.45) is 8.87. The Morgan fingerprint density at radius 1 is 1.03 bits per heavy atom. The summed E-state index contributed by atoms with van der Waals surface area (Å²) in [6.45, 7) is 7.05. The Labute approximate surface area is 205 Å². The topological polar surface area (TPSA) is 124 Å². The first-order chi connectivity index (χ1) is 15.8. The Morgan fingerprint density at radius 2 is 1.71 bits per heavy atom. The quantitative estimate of drug-likeness (QED) is 0.398. The van der Waals surface area contributed by atoms with Crippen molar-refractivity contribution < 1.29 is 28.0 Å². The number of aliphatic hydroxyl groups excluding tert-OH is 2. The fourth-order valence-electron chi connectivity index (χ4n) is 9.14. The summed E-state index contributed by atoms with van der Waals surface area (Å²) < 4.78 is 30.5. The van der Waals surface area contributed by atoms with E-state index in [0.29, 0.717) is 41.9 Å². The number of hydrogen-bond acceptors (Lipinski definition) is 5. The van der Waals surface area contributed by atoms with E-state index in [0.717, 1.165) is 51.4 Å². The number of carbonyl (C=O) groups excluding carboxylic acids is 1. The van der Waals surface area contributed by atoms with Crippen LogP contribution in [0.1, 0.15) is 85.0 Å². The smallest absolute Gasteiger partial charge is 0.266 e. The van der Waals surface area contributed by atoms with Gasteiger partial charge in [0.1, 0.15) is 0 Å². The number of amides is 1. The molecule has 0 saturated heterocycles. The Bertz CT molecular complexity index is 863. The zero-order chi connectivity index (χ0) is 24.9. The van der Waals surface area contributed by atoms with Crippen LogP contribution in [0.25, 0.3) is 0 Å². The van der Waals surface area contributed by atoms with Crippen LogP contribution in [0.4, 0.5) is 0 Å². The monoisotopic (exact) mass is 499 g/mol. The SMILES string of the molecule is C[C@@H](CCC(=O)NCCS(=O)(=O)O)[C@@H]1CC[C@@H]2[C@@H]3[C@H](O)C[C@@H]4C[C@H](O)CC[C@]4(C)[C@H]3CC[C@@]21C. The van der Waals surface area contributed by atoms with E-state index in [1.54, 1.807) is 0 Å². The van der Waals surface area contributed by atoms with E-state index in [1.807, 2.05) is 0 Å². The van der Waals surface area contributed by atoms with Crippen molar-refractivity contribution in [3.63, 3.8) is 0 Å². The van der Waals surface area contributed by atoms with E-state index in [4.69, 9.17) is 4.55 Å². The lowest BCUT2D eigenvalue weighted by molar-refractivity contribution is -0.174. The highest BCUT2D eigenvalue weighted by Crippen LogP contribution is 2.68. The minimum absolute atomic E-state index is 0.0625. The summed E-state index contributed by atoms with van der Waals surface area (Å²) in [4.78, 5) is 12.2. The average Bonchev–Trinajstić information content (AvgIpc) is 3.09. The molecule has 4 fully saturated rings. The Morgan fingerprint density at radius 3 is 2.41 bits per heavy atom. The minimum Gasteiger partial charge on any atom is -0.393 e. The maximum absolute atomic E-state index is 12.2. The molecule has 0 spiro atoms. The van der Waals surface area contributed by atoms with Gasteiger partial charge in [0, 0.05) is 13.0 Å². The molecule has 4 aliphatic rings. The van der Waals surface area contributed by atoms with Gasteiger partial charge in [0.25, 0.3) is 10.1 Å². The van der Waals surface area contributed by atoms with Gasteiger partial charge in [0.15, 0.2) is 0 Å². The minimum atomic E-state index is -4.06. The molecule has 7 nitrogen and oxygen atoms in total. The molecular weight excluding hydrogens is 454 g/mol. The maximum Gasteiger partial charge on any atom is 0.266 e. The van der Waals surface area contributed by atoms with Gasteiger partial charge in [-0.2, -0.15) is 8.42 Å². The van der Waals surface area contributed by atoms with Crippen LogP contribution >= 0.6 is 0 Å². The molecule has 1 amide bonds. The molecule has 4 rings (SSSR count). The van der Waals surface area contributed by atoms with Crippen LogP contribution < -0.4 is 5.32 Å². The summed E-state index contributed by atoms with van der Waals surface area (Å²) in [5, 5.41) is 24.2. The van der Waals surface area contributed by atoms with Gasteiger partial charge < -0.3 is 15.5 Å². The van der Waals surface area contributed by atoms with Crippen molar-refractivity contribution in [2.75, 3.05) is 12.3 Å². The van der Waals surface area contributed by atoms with Crippen molar-refractivity contribution in [2.24, 2.45) is 46.3 Å². The second kappa shape index (κ2) is 9.64. The summed E-state index contributed by atoms with van der Waals surface area (Å²) in [7, 11) is -4.06. The number of aliphatic hydroxyl groups is 2. The van der Waals surface area contributed by atoms with E-state index in [1.165, 1.54) is 6.42 Å². The Balaban J connectivity index is 1.39. The number of carbonyl (C=O) groups is 1. The van der Waals surface area contributed by atoms with Crippen molar-refractivity contribution in [3.05, 3.63) is 0 Å². The third kappa shape index (κ3) is 4.94. The molecule has 4 saturated carbocycles. The molecular formula is C26H45NO6S. The zero-order valence-electron chi connectivity index (χ0n) is 21.1. The summed E-state index contributed by atoms with van der Waals surface area (Å²) >= 11 is 0. The number of fused-ring (bicyclic) bond motifs is 5. The number of nitrogens with one attached hydrogen (secondary N) is 1. The Hall–Kier alpha value is -0.700. The summed E-state index contributed by atoms with van der Waals surface area (Å²) in [5.41, 5.74) is 0.411. The number of hydrogen-bond donors (Lipinski definition) is 4. The molecule has 0 aromatic heterocycles. The molecule has 0 radical (unpaired) electrons. The predicted molar refractivity (Wildman–Crippen MR) is 130 cm³/mol. The highest BCUT2D eigenvalue weighted by atomic mass is 32.2. The van der Waals surface area contributed by atoms with Crippen LogP contribution in [-0.4, -0.2) is 53.6 Å². The van der Waals surface area contributed by atoms with Crippen molar-refractivity contribution >= 4 is 16.0 Å². The molecule has 196 valence electrons. The van der Waals surface area contributed by atoms with E-state index in [2.05, 4.69) is 26.1 Å². The maximum atomic E-state index is 12.2. The van der Waals surface area contributed by atoms with Crippen LogP contribution in [0.2, 0.25) is 0 Å². The molecule has 0 heterocycles.